The number of ether oxygens (including phenoxy) is 1. The number of methoxy groups -OCH3 is 1. The van der Waals surface area contributed by atoms with Crippen LogP contribution in [0.15, 0.2) is 18.2 Å². The first-order valence-corrected chi connectivity index (χ1v) is 7.74. The Balaban J connectivity index is 1.60. The van der Waals surface area contributed by atoms with E-state index in [1.54, 1.807) is 7.11 Å². The monoisotopic (exact) mass is 293 g/mol. The number of hydrogen-bond donors (Lipinski definition) is 1. The van der Waals surface area contributed by atoms with Crippen molar-refractivity contribution in [3.63, 3.8) is 0 Å². The van der Waals surface area contributed by atoms with Crippen molar-refractivity contribution in [3.8, 4) is 5.75 Å². The van der Waals surface area contributed by atoms with Crippen LogP contribution in [0.2, 0.25) is 0 Å². The van der Waals surface area contributed by atoms with Gasteiger partial charge in [-0.15, -0.1) is 0 Å². The highest BCUT2D eigenvalue weighted by molar-refractivity contribution is 5.62. The zero-order valence-electron chi connectivity index (χ0n) is 12.6. The van der Waals surface area contributed by atoms with E-state index in [4.69, 9.17) is 10.5 Å². The van der Waals surface area contributed by atoms with Crippen molar-refractivity contribution in [1.29, 1.82) is 0 Å². The molecule has 1 aromatic carbocycles. The molecule has 2 saturated heterocycles. The lowest BCUT2D eigenvalue weighted by Crippen LogP contribution is -2.44. The minimum absolute atomic E-state index is 0.540. The van der Waals surface area contributed by atoms with E-state index in [2.05, 4.69) is 9.80 Å². The summed E-state index contributed by atoms with van der Waals surface area (Å²) in [5.74, 6) is 0.731. The zero-order chi connectivity index (χ0) is 14.8. The first kappa shape index (κ1) is 14.4. The molecule has 21 heavy (non-hydrogen) atoms. The number of piperidine rings is 1. The van der Waals surface area contributed by atoms with Gasteiger partial charge < -0.3 is 15.4 Å². The van der Waals surface area contributed by atoms with E-state index in [0.29, 0.717) is 24.7 Å². The standard InChI is InChI=1S/C16H24FN3O/c1-21-16-10-14(2-3-15(16)18)19-8-5-13(6-9-19)20-7-4-12(17)11-20/h2-3,10,12-13H,4-9,11,18H2,1H3/t12-/m1/s1. The van der Waals surface area contributed by atoms with E-state index in [1.807, 2.05) is 18.2 Å². The zero-order valence-corrected chi connectivity index (χ0v) is 12.6. The van der Waals surface area contributed by atoms with Crippen LogP contribution in [0.4, 0.5) is 15.8 Å². The van der Waals surface area contributed by atoms with Crippen molar-refractivity contribution < 1.29 is 9.13 Å². The summed E-state index contributed by atoms with van der Waals surface area (Å²) in [4.78, 5) is 4.69. The van der Waals surface area contributed by atoms with Gasteiger partial charge in [-0.05, 0) is 31.4 Å². The highest BCUT2D eigenvalue weighted by atomic mass is 19.1. The van der Waals surface area contributed by atoms with Crippen molar-refractivity contribution >= 4 is 11.4 Å². The topological polar surface area (TPSA) is 41.7 Å². The predicted octanol–water partition coefficient (Wildman–Crippen LogP) is 2.29. The van der Waals surface area contributed by atoms with Gasteiger partial charge in [-0.2, -0.15) is 0 Å². The Morgan fingerprint density at radius 2 is 1.95 bits per heavy atom. The van der Waals surface area contributed by atoms with E-state index in [1.165, 1.54) is 0 Å². The number of rotatable bonds is 3. The molecule has 2 fully saturated rings. The normalized spacial score (nSPS) is 24.5. The van der Waals surface area contributed by atoms with E-state index >= 15 is 0 Å². The summed E-state index contributed by atoms with van der Waals surface area (Å²) < 4.78 is 18.6. The summed E-state index contributed by atoms with van der Waals surface area (Å²) >= 11 is 0. The molecule has 0 bridgehead atoms. The predicted molar refractivity (Wildman–Crippen MR) is 83.7 cm³/mol. The second-order valence-electron chi connectivity index (χ2n) is 6.03. The Bertz CT molecular complexity index is 488. The Morgan fingerprint density at radius 3 is 2.57 bits per heavy atom. The minimum atomic E-state index is -0.621. The van der Waals surface area contributed by atoms with Crippen LogP contribution in [-0.4, -0.2) is 50.4 Å². The number of nitrogens with two attached hydrogens (primary N) is 1. The molecule has 3 rings (SSSR count). The molecule has 1 aromatic rings. The van der Waals surface area contributed by atoms with Crippen molar-refractivity contribution in [2.24, 2.45) is 0 Å². The van der Waals surface area contributed by atoms with Crippen LogP contribution >= 0.6 is 0 Å². The number of halogens is 1. The molecule has 1 atom stereocenters. The molecular formula is C16H24FN3O. The van der Waals surface area contributed by atoms with Gasteiger partial charge in [-0.25, -0.2) is 4.39 Å². The van der Waals surface area contributed by atoms with Crippen LogP contribution in [-0.2, 0) is 0 Å². The molecule has 4 nitrogen and oxygen atoms in total. The van der Waals surface area contributed by atoms with Gasteiger partial charge in [0.25, 0.3) is 0 Å². The van der Waals surface area contributed by atoms with E-state index in [0.717, 1.165) is 43.9 Å². The second kappa shape index (κ2) is 6.10. The molecule has 0 aromatic heterocycles. The second-order valence-corrected chi connectivity index (χ2v) is 6.03. The maximum atomic E-state index is 13.3. The van der Waals surface area contributed by atoms with Crippen LogP contribution in [0.25, 0.3) is 0 Å². The largest absolute Gasteiger partial charge is 0.495 e. The number of nitrogens with zero attached hydrogens (tertiary/aromatic N) is 2. The van der Waals surface area contributed by atoms with Crippen molar-refractivity contribution in [3.05, 3.63) is 18.2 Å². The molecule has 0 unspecified atom stereocenters. The molecular weight excluding hydrogens is 269 g/mol. The molecule has 0 saturated carbocycles. The number of nitrogen functional groups attached to an aromatic ring is 1. The van der Waals surface area contributed by atoms with Crippen molar-refractivity contribution in [2.45, 2.75) is 31.5 Å². The quantitative estimate of drug-likeness (QED) is 0.868. The van der Waals surface area contributed by atoms with Crippen molar-refractivity contribution in [2.75, 3.05) is 43.9 Å². The molecule has 2 heterocycles. The van der Waals surface area contributed by atoms with Crippen LogP contribution in [0.3, 0.4) is 0 Å². The summed E-state index contributed by atoms with van der Waals surface area (Å²) in [6.45, 7) is 3.55. The lowest BCUT2D eigenvalue weighted by molar-refractivity contribution is 0.192. The summed E-state index contributed by atoms with van der Waals surface area (Å²) in [5.41, 5.74) is 7.69. The third-order valence-electron chi connectivity index (χ3n) is 4.73. The van der Waals surface area contributed by atoms with Crippen molar-refractivity contribution in [1.82, 2.24) is 4.90 Å². The molecule has 2 N–H and O–H groups in total. The fraction of sp³-hybridized carbons (Fsp3) is 0.625. The molecule has 0 amide bonds. The van der Waals surface area contributed by atoms with Gasteiger partial charge in [0.1, 0.15) is 11.9 Å². The Kier molecular flexibility index (Phi) is 4.19. The van der Waals surface area contributed by atoms with Gasteiger partial charge in [-0.3, -0.25) is 4.90 Å². The van der Waals surface area contributed by atoms with E-state index in [-0.39, 0.29) is 0 Å². The third kappa shape index (κ3) is 3.07. The van der Waals surface area contributed by atoms with Crippen LogP contribution < -0.4 is 15.4 Å². The lowest BCUT2D eigenvalue weighted by Gasteiger charge is -2.37. The fourth-order valence-electron chi connectivity index (χ4n) is 3.46. The Labute approximate surface area is 125 Å². The fourth-order valence-corrected chi connectivity index (χ4v) is 3.46. The van der Waals surface area contributed by atoms with Gasteiger partial charge in [0.05, 0.1) is 12.8 Å². The SMILES string of the molecule is COc1cc(N2CCC(N3CC[C@@H](F)C3)CC2)ccc1N. The summed E-state index contributed by atoms with van der Waals surface area (Å²) in [6, 6.07) is 6.49. The van der Waals surface area contributed by atoms with E-state index in [9.17, 15) is 4.39 Å². The number of likely N-dealkylation sites (tertiary alicyclic amines) is 1. The number of anilines is 2. The molecule has 0 radical (unpaired) electrons. The van der Waals surface area contributed by atoms with E-state index < -0.39 is 6.17 Å². The van der Waals surface area contributed by atoms with Gasteiger partial charge in [0.15, 0.2) is 0 Å². The maximum Gasteiger partial charge on any atom is 0.143 e. The number of benzene rings is 1. The molecule has 116 valence electrons. The maximum absolute atomic E-state index is 13.3. The smallest absolute Gasteiger partial charge is 0.143 e. The average molecular weight is 293 g/mol. The van der Waals surface area contributed by atoms with Gasteiger partial charge >= 0.3 is 0 Å². The van der Waals surface area contributed by atoms with Crippen LogP contribution in [0.1, 0.15) is 19.3 Å². The molecule has 0 aliphatic carbocycles. The Hall–Kier alpha value is -1.49. The molecule has 0 spiro atoms. The number of hydrogen-bond acceptors (Lipinski definition) is 4. The molecule has 5 heteroatoms. The van der Waals surface area contributed by atoms with Gasteiger partial charge in [-0.1, -0.05) is 0 Å². The van der Waals surface area contributed by atoms with Gasteiger partial charge in [0, 0.05) is 44.0 Å². The summed E-state index contributed by atoms with van der Waals surface area (Å²) in [5, 5.41) is 0. The molecule has 2 aliphatic rings. The number of alkyl halides is 1. The third-order valence-corrected chi connectivity index (χ3v) is 4.73. The minimum Gasteiger partial charge on any atom is -0.495 e. The summed E-state index contributed by atoms with van der Waals surface area (Å²) in [6.07, 6.45) is 2.28. The van der Waals surface area contributed by atoms with Crippen LogP contribution in [0, 0.1) is 0 Å². The highest BCUT2D eigenvalue weighted by Gasteiger charge is 2.30. The van der Waals surface area contributed by atoms with Crippen LogP contribution in [0.5, 0.6) is 5.75 Å². The summed E-state index contributed by atoms with van der Waals surface area (Å²) in [7, 11) is 1.64. The first-order valence-electron chi connectivity index (χ1n) is 7.74. The Morgan fingerprint density at radius 1 is 1.19 bits per heavy atom. The average Bonchev–Trinajstić information content (AvgIpc) is 2.94. The lowest BCUT2D eigenvalue weighted by atomic mass is 10.0. The first-order chi connectivity index (χ1) is 10.2. The highest BCUT2D eigenvalue weighted by Crippen LogP contribution is 2.30. The molecule has 2 aliphatic heterocycles. The van der Waals surface area contributed by atoms with Gasteiger partial charge in [0.2, 0.25) is 0 Å².